The van der Waals surface area contributed by atoms with Crippen molar-refractivity contribution in [3.8, 4) is 0 Å². The second kappa shape index (κ2) is 10.5. The van der Waals surface area contributed by atoms with Gasteiger partial charge in [0.05, 0.1) is 6.61 Å². The molecular formula is C18H20F7NO4. The zero-order valence-corrected chi connectivity index (χ0v) is 15.8. The number of carbonyl (C=O) groups is 2. The molecule has 0 aliphatic heterocycles. The highest BCUT2D eigenvalue weighted by molar-refractivity contribution is 5.81. The van der Waals surface area contributed by atoms with E-state index in [0.29, 0.717) is 12.0 Å². The molecule has 0 bridgehead atoms. The SMILES string of the molecule is CCCCOC(=O)C(CC(F)(F)C(F)(F)C(F)(F)F)NC(=O)OCc1ccccc1. The summed E-state index contributed by atoms with van der Waals surface area (Å²) < 4.78 is 100. The van der Waals surface area contributed by atoms with Crippen LogP contribution in [0.25, 0.3) is 0 Å². The number of alkyl halides is 7. The first-order chi connectivity index (χ1) is 13.8. The number of carbonyl (C=O) groups excluding carboxylic acids is 2. The molecule has 1 amide bonds. The van der Waals surface area contributed by atoms with Crippen molar-refractivity contribution < 1.29 is 49.8 Å². The van der Waals surface area contributed by atoms with Crippen LogP contribution in [0.2, 0.25) is 0 Å². The summed E-state index contributed by atoms with van der Waals surface area (Å²) in [7, 11) is 0. The van der Waals surface area contributed by atoms with E-state index in [1.807, 2.05) is 0 Å². The van der Waals surface area contributed by atoms with E-state index in [9.17, 15) is 40.3 Å². The number of benzene rings is 1. The van der Waals surface area contributed by atoms with Crippen LogP contribution in [0.1, 0.15) is 31.7 Å². The van der Waals surface area contributed by atoms with Crippen molar-refractivity contribution >= 4 is 12.1 Å². The van der Waals surface area contributed by atoms with Gasteiger partial charge in [-0.25, -0.2) is 9.59 Å². The maximum Gasteiger partial charge on any atom is 0.459 e. The molecule has 30 heavy (non-hydrogen) atoms. The Labute approximate surface area is 167 Å². The number of alkyl carbamates (subject to hydrolysis) is 1. The first kappa shape index (κ1) is 25.5. The summed E-state index contributed by atoms with van der Waals surface area (Å²) in [4.78, 5) is 23.7. The predicted molar refractivity (Wildman–Crippen MR) is 90.0 cm³/mol. The van der Waals surface area contributed by atoms with Crippen molar-refractivity contribution in [1.82, 2.24) is 5.32 Å². The number of hydrogen-bond acceptors (Lipinski definition) is 4. The molecule has 0 aromatic heterocycles. The Morgan fingerprint density at radius 2 is 1.60 bits per heavy atom. The van der Waals surface area contributed by atoms with Gasteiger partial charge >= 0.3 is 30.1 Å². The Morgan fingerprint density at radius 1 is 1.00 bits per heavy atom. The van der Waals surface area contributed by atoms with Crippen LogP contribution in [0, 0.1) is 0 Å². The molecule has 1 aromatic rings. The number of rotatable bonds is 10. The van der Waals surface area contributed by atoms with Crippen LogP contribution in [0.15, 0.2) is 30.3 Å². The monoisotopic (exact) mass is 447 g/mol. The average molecular weight is 447 g/mol. The average Bonchev–Trinajstić information content (AvgIpc) is 2.65. The Morgan fingerprint density at radius 3 is 2.13 bits per heavy atom. The maximum absolute atomic E-state index is 13.7. The van der Waals surface area contributed by atoms with Crippen molar-refractivity contribution in [1.29, 1.82) is 0 Å². The van der Waals surface area contributed by atoms with Gasteiger partial charge in [0.2, 0.25) is 0 Å². The van der Waals surface area contributed by atoms with Gasteiger partial charge in [-0.3, -0.25) is 0 Å². The van der Waals surface area contributed by atoms with Crippen LogP contribution in [0.5, 0.6) is 0 Å². The fourth-order valence-corrected chi connectivity index (χ4v) is 2.11. The van der Waals surface area contributed by atoms with E-state index in [2.05, 4.69) is 9.47 Å². The lowest BCUT2D eigenvalue weighted by Crippen LogP contribution is -2.56. The summed E-state index contributed by atoms with van der Waals surface area (Å²) in [6.45, 7) is 1.04. The quantitative estimate of drug-likeness (QED) is 0.317. The molecule has 0 spiro atoms. The van der Waals surface area contributed by atoms with Crippen LogP contribution in [-0.4, -0.2) is 42.7 Å². The van der Waals surface area contributed by atoms with Gasteiger partial charge in [0, 0.05) is 6.42 Å². The molecular weight excluding hydrogens is 427 g/mol. The number of esters is 1. The van der Waals surface area contributed by atoms with Gasteiger partial charge in [-0.15, -0.1) is 0 Å². The van der Waals surface area contributed by atoms with Gasteiger partial charge in [-0.05, 0) is 12.0 Å². The topological polar surface area (TPSA) is 64.6 Å². The second-order valence-electron chi connectivity index (χ2n) is 6.26. The summed E-state index contributed by atoms with van der Waals surface area (Å²) in [5.41, 5.74) is 0.476. The normalized spacial score (nSPS) is 13.5. The van der Waals surface area contributed by atoms with E-state index in [1.54, 1.807) is 42.6 Å². The van der Waals surface area contributed by atoms with E-state index >= 15 is 0 Å². The number of amides is 1. The minimum Gasteiger partial charge on any atom is -0.464 e. The lowest BCUT2D eigenvalue weighted by molar-refractivity contribution is -0.356. The molecule has 0 aliphatic rings. The molecule has 1 aromatic carbocycles. The Kier molecular flexibility index (Phi) is 8.91. The standard InChI is InChI=1S/C18H20F7NO4/c1-2-3-9-29-14(27)13(10-16(19,20)17(21,22)18(23,24)25)26-15(28)30-11-12-7-5-4-6-8-12/h4-8,13H,2-3,9-11H2,1H3,(H,26,28). The lowest BCUT2D eigenvalue weighted by atomic mass is 10.0. The van der Waals surface area contributed by atoms with Crippen molar-refractivity contribution in [2.45, 2.75) is 56.9 Å². The van der Waals surface area contributed by atoms with Gasteiger partial charge in [-0.2, -0.15) is 30.7 Å². The van der Waals surface area contributed by atoms with Crippen molar-refractivity contribution in [3.63, 3.8) is 0 Å². The van der Waals surface area contributed by atoms with Crippen molar-refractivity contribution in [2.75, 3.05) is 6.61 Å². The number of halogens is 7. The van der Waals surface area contributed by atoms with Crippen LogP contribution in [0.4, 0.5) is 35.5 Å². The van der Waals surface area contributed by atoms with Gasteiger partial charge < -0.3 is 14.8 Å². The van der Waals surface area contributed by atoms with Crippen molar-refractivity contribution in [3.05, 3.63) is 35.9 Å². The van der Waals surface area contributed by atoms with Crippen LogP contribution >= 0.6 is 0 Å². The fraction of sp³-hybridized carbons (Fsp3) is 0.556. The number of hydrogen-bond donors (Lipinski definition) is 1. The zero-order chi connectivity index (χ0) is 23.0. The second-order valence-corrected chi connectivity index (χ2v) is 6.26. The van der Waals surface area contributed by atoms with Crippen LogP contribution in [-0.2, 0) is 20.9 Å². The molecule has 0 heterocycles. The zero-order valence-electron chi connectivity index (χ0n) is 15.8. The molecule has 0 radical (unpaired) electrons. The summed E-state index contributed by atoms with van der Waals surface area (Å²) in [5, 5.41) is 1.58. The van der Waals surface area contributed by atoms with E-state index in [-0.39, 0.29) is 19.6 Å². The third kappa shape index (κ3) is 7.06. The van der Waals surface area contributed by atoms with Crippen LogP contribution in [0.3, 0.4) is 0 Å². The van der Waals surface area contributed by atoms with Gasteiger partial charge in [-0.1, -0.05) is 43.7 Å². The van der Waals surface area contributed by atoms with E-state index < -0.39 is 42.5 Å². The van der Waals surface area contributed by atoms with Gasteiger partial charge in [0.25, 0.3) is 0 Å². The molecule has 1 rings (SSSR count). The molecule has 170 valence electrons. The molecule has 0 aliphatic carbocycles. The molecule has 5 nitrogen and oxygen atoms in total. The third-order valence-corrected chi connectivity index (χ3v) is 3.81. The number of unbranched alkanes of at least 4 members (excludes halogenated alkanes) is 1. The minimum atomic E-state index is -6.57. The first-order valence-electron chi connectivity index (χ1n) is 8.78. The summed E-state index contributed by atoms with van der Waals surface area (Å²) >= 11 is 0. The Balaban J connectivity index is 2.90. The molecule has 0 fully saturated rings. The highest BCUT2D eigenvalue weighted by atomic mass is 19.4. The first-order valence-corrected chi connectivity index (χ1v) is 8.78. The summed E-state index contributed by atoms with van der Waals surface area (Å²) in [6, 6.07) is 5.46. The van der Waals surface area contributed by atoms with E-state index in [0.717, 1.165) is 0 Å². The highest BCUT2D eigenvalue weighted by Crippen LogP contribution is 2.48. The maximum atomic E-state index is 13.7. The summed E-state index contributed by atoms with van der Waals surface area (Å²) in [5.74, 6) is -13.7. The fourth-order valence-electron chi connectivity index (χ4n) is 2.11. The smallest absolute Gasteiger partial charge is 0.459 e. The molecule has 1 N–H and O–H groups in total. The molecule has 12 heteroatoms. The molecule has 1 atom stereocenters. The van der Waals surface area contributed by atoms with Crippen molar-refractivity contribution in [2.24, 2.45) is 0 Å². The predicted octanol–water partition coefficient (Wildman–Crippen LogP) is 4.85. The Hall–Kier alpha value is -2.53. The largest absolute Gasteiger partial charge is 0.464 e. The number of nitrogens with one attached hydrogen (secondary N) is 1. The lowest BCUT2D eigenvalue weighted by Gasteiger charge is -2.30. The van der Waals surface area contributed by atoms with Crippen LogP contribution < -0.4 is 5.32 Å². The van der Waals surface area contributed by atoms with Gasteiger partial charge in [0.1, 0.15) is 12.6 Å². The van der Waals surface area contributed by atoms with E-state index in [4.69, 9.17) is 0 Å². The summed E-state index contributed by atoms with van der Waals surface area (Å²) in [6.07, 6.45) is -9.58. The third-order valence-electron chi connectivity index (χ3n) is 3.81. The number of ether oxygens (including phenoxy) is 2. The minimum absolute atomic E-state index is 0.284. The Bertz CT molecular complexity index is 696. The van der Waals surface area contributed by atoms with Gasteiger partial charge in [0.15, 0.2) is 0 Å². The highest BCUT2D eigenvalue weighted by Gasteiger charge is 2.73. The molecule has 0 saturated heterocycles. The molecule has 1 unspecified atom stereocenters. The van der Waals surface area contributed by atoms with E-state index in [1.165, 1.54) is 0 Å². The molecule has 0 saturated carbocycles.